The predicted octanol–water partition coefficient (Wildman–Crippen LogP) is 2.41. The molecule has 0 aromatic heterocycles. The second kappa shape index (κ2) is 6.41. The summed E-state index contributed by atoms with van der Waals surface area (Å²) in [6, 6.07) is 0. The van der Waals surface area contributed by atoms with Crippen molar-refractivity contribution >= 4 is 19.7 Å². The molecule has 1 fully saturated rings. The van der Waals surface area contributed by atoms with Crippen molar-refractivity contribution in [2.75, 3.05) is 13.2 Å². The van der Waals surface area contributed by atoms with Gasteiger partial charge >= 0.3 is 11.0 Å². The molecule has 2 aliphatic rings. The van der Waals surface area contributed by atoms with Crippen molar-refractivity contribution in [3.05, 3.63) is 12.2 Å². The fourth-order valence-electron chi connectivity index (χ4n) is 3.05. The van der Waals surface area contributed by atoms with E-state index in [-0.39, 0.29) is 24.4 Å². The molecule has 146 valence electrons. The number of halogens is 6. The normalized spacial score (nSPS) is 27.4. The summed E-state index contributed by atoms with van der Waals surface area (Å²) >= 11 is 0. The first-order chi connectivity index (χ1) is 11.2. The van der Waals surface area contributed by atoms with Gasteiger partial charge in [0.05, 0.1) is 13.2 Å². The largest absolute Gasteiger partial charge is 0.498 e. The van der Waals surface area contributed by atoms with Gasteiger partial charge in [0.25, 0.3) is 19.7 Å². The highest BCUT2D eigenvalue weighted by atomic mass is 32.3. The highest BCUT2D eigenvalue weighted by molar-refractivity contribution is 8.09. The fourth-order valence-corrected chi connectivity index (χ4v) is 6.18. The minimum absolute atomic E-state index is 0.0434. The van der Waals surface area contributed by atoms with Crippen LogP contribution in [0.1, 0.15) is 12.8 Å². The summed E-state index contributed by atoms with van der Waals surface area (Å²) in [7, 11) is -13.3. The number of hydrogen-bond acceptors (Lipinski definition) is 5. The van der Waals surface area contributed by atoms with E-state index >= 15 is 0 Å². The second-order valence-electron chi connectivity index (χ2n) is 5.99. The third kappa shape index (κ3) is 3.82. The number of allylic oxidation sites excluding steroid dienone is 2. The number of fused-ring (bicyclic) bond motifs is 2. The molecule has 0 aliphatic heterocycles. The lowest BCUT2D eigenvalue weighted by Crippen LogP contribution is -2.47. The molecule has 0 N–H and O–H groups in total. The molecular formula is C12H14F6O5S2. The van der Waals surface area contributed by atoms with E-state index in [9.17, 15) is 43.2 Å². The van der Waals surface area contributed by atoms with Crippen LogP contribution in [0.25, 0.3) is 0 Å². The van der Waals surface area contributed by atoms with Crippen molar-refractivity contribution in [1.82, 2.24) is 0 Å². The van der Waals surface area contributed by atoms with Gasteiger partial charge in [-0.05, 0) is 30.6 Å². The molecule has 0 radical (unpaired) electrons. The van der Waals surface area contributed by atoms with E-state index in [1.165, 1.54) is 0 Å². The number of ether oxygens (including phenoxy) is 1. The molecular weight excluding hydrogens is 402 g/mol. The first kappa shape index (κ1) is 20.5. The molecule has 5 nitrogen and oxygen atoms in total. The van der Waals surface area contributed by atoms with E-state index in [2.05, 4.69) is 0 Å². The topological polar surface area (TPSA) is 77.5 Å². The minimum Gasteiger partial charge on any atom is -0.379 e. The Morgan fingerprint density at radius 3 is 1.80 bits per heavy atom. The molecule has 13 heteroatoms. The van der Waals surface area contributed by atoms with Crippen LogP contribution in [0.3, 0.4) is 0 Å². The van der Waals surface area contributed by atoms with Gasteiger partial charge in [0.2, 0.25) is 4.58 Å². The van der Waals surface area contributed by atoms with E-state index in [1.54, 1.807) is 0 Å². The fraction of sp³-hybridized carbons (Fsp3) is 0.833. The van der Waals surface area contributed by atoms with Crippen molar-refractivity contribution in [3.8, 4) is 0 Å². The van der Waals surface area contributed by atoms with E-state index in [0.717, 1.165) is 6.42 Å². The summed E-state index contributed by atoms with van der Waals surface area (Å²) in [6.45, 7) is -2.05. The molecule has 0 heterocycles. The van der Waals surface area contributed by atoms with Gasteiger partial charge in [-0.2, -0.15) is 26.3 Å². The number of rotatable bonds is 6. The van der Waals surface area contributed by atoms with Crippen LogP contribution in [0.5, 0.6) is 0 Å². The van der Waals surface area contributed by atoms with E-state index in [4.69, 9.17) is 4.74 Å². The van der Waals surface area contributed by atoms with E-state index in [1.807, 2.05) is 12.2 Å². The van der Waals surface area contributed by atoms with Gasteiger partial charge in [-0.3, -0.25) is 0 Å². The Hall–Kier alpha value is -0.820. The molecule has 2 bridgehead atoms. The van der Waals surface area contributed by atoms with Crippen LogP contribution in [0.15, 0.2) is 12.2 Å². The zero-order valence-electron chi connectivity index (χ0n) is 12.4. The Labute approximate surface area is 139 Å². The standard InChI is InChI=1S/C12H14F6O5S2/c13-11(14,15)24(19,20)10(25(21,22)12(16,17)18)6-23-5-9-4-7-1-2-8(9)3-7/h1-2,7-10H,3-6H2. The quantitative estimate of drug-likeness (QED) is 0.491. The Morgan fingerprint density at radius 1 is 0.920 bits per heavy atom. The van der Waals surface area contributed by atoms with Gasteiger partial charge in [0, 0.05) is 0 Å². The van der Waals surface area contributed by atoms with Gasteiger partial charge in [-0.1, -0.05) is 12.2 Å². The Morgan fingerprint density at radius 2 is 1.44 bits per heavy atom. The highest BCUT2D eigenvalue weighted by Gasteiger charge is 2.63. The number of alkyl halides is 6. The minimum atomic E-state index is -6.63. The van der Waals surface area contributed by atoms with Crippen LogP contribution in [-0.2, 0) is 24.4 Å². The van der Waals surface area contributed by atoms with E-state index in [0.29, 0.717) is 6.42 Å². The summed E-state index contributed by atoms with van der Waals surface area (Å²) in [4.78, 5) is 0. The molecule has 3 atom stereocenters. The molecule has 0 aromatic rings. The summed E-state index contributed by atoms with van der Waals surface area (Å²) < 4.78 is 122. The average molecular weight is 416 g/mol. The first-order valence-electron chi connectivity index (χ1n) is 7.04. The number of sulfone groups is 2. The molecule has 0 spiro atoms. The summed E-state index contributed by atoms with van der Waals surface area (Å²) in [5.74, 6) is 0.0898. The summed E-state index contributed by atoms with van der Waals surface area (Å²) in [5.41, 5.74) is -12.3. The molecule has 0 saturated heterocycles. The van der Waals surface area contributed by atoms with Gasteiger partial charge < -0.3 is 4.74 Å². The molecule has 25 heavy (non-hydrogen) atoms. The molecule has 1 saturated carbocycles. The zero-order chi connectivity index (χ0) is 19.3. The lowest BCUT2D eigenvalue weighted by molar-refractivity contribution is -0.0486. The van der Waals surface area contributed by atoms with E-state index < -0.39 is 41.9 Å². The van der Waals surface area contributed by atoms with Crippen LogP contribution in [0.4, 0.5) is 26.3 Å². The maximum absolute atomic E-state index is 12.6. The van der Waals surface area contributed by atoms with Crippen LogP contribution in [0.2, 0.25) is 0 Å². The maximum Gasteiger partial charge on any atom is 0.498 e. The van der Waals surface area contributed by atoms with Crippen molar-refractivity contribution in [2.24, 2.45) is 17.8 Å². The van der Waals surface area contributed by atoms with Crippen LogP contribution < -0.4 is 0 Å². The summed E-state index contributed by atoms with van der Waals surface area (Å²) in [5, 5.41) is 0. The molecule has 2 aliphatic carbocycles. The number of hydrogen-bond donors (Lipinski definition) is 0. The smallest absolute Gasteiger partial charge is 0.379 e. The van der Waals surface area contributed by atoms with Crippen LogP contribution in [-0.4, -0.2) is 45.6 Å². The molecule has 2 rings (SSSR count). The van der Waals surface area contributed by atoms with Crippen molar-refractivity contribution in [1.29, 1.82) is 0 Å². The maximum atomic E-state index is 12.6. The van der Waals surface area contributed by atoms with Crippen molar-refractivity contribution in [2.45, 2.75) is 28.4 Å². The van der Waals surface area contributed by atoms with Crippen LogP contribution >= 0.6 is 0 Å². The van der Waals surface area contributed by atoms with Gasteiger partial charge in [0.1, 0.15) is 0 Å². The second-order valence-corrected chi connectivity index (χ2v) is 10.5. The molecule has 0 aromatic carbocycles. The Kier molecular flexibility index (Phi) is 5.25. The first-order valence-corrected chi connectivity index (χ1v) is 10.1. The van der Waals surface area contributed by atoms with Gasteiger partial charge in [-0.15, -0.1) is 0 Å². The third-order valence-corrected chi connectivity index (χ3v) is 8.81. The van der Waals surface area contributed by atoms with Gasteiger partial charge in [-0.25, -0.2) is 16.8 Å². The third-order valence-electron chi connectivity index (χ3n) is 4.34. The van der Waals surface area contributed by atoms with Crippen molar-refractivity contribution < 1.29 is 47.9 Å². The Balaban J connectivity index is 2.17. The summed E-state index contributed by atoms with van der Waals surface area (Å²) in [6.07, 6.45) is 5.16. The van der Waals surface area contributed by atoms with Gasteiger partial charge in [0.15, 0.2) is 0 Å². The monoisotopic (exact) mass is 416 g/mol. The van der Waals surface area contributed by atoms with Crippen LogP contribution in [0, 0.1) is 17.8 Å². The lowest BCUT2D eigenvalue weighted by atomic mass is 9.95. The zero-order valence-corrected chi connectivity index (χ0v) is 14.1. The molecule has 0 amide bonds. The Bertz CT molecular complexity index is 693. The SMILES string of the molecule is O=S(=O)(C(COCC1CC2C=CC1C2)S(=O)(=O)C(F)(F)F)C(F)(F)F. The predicted molar refractivity (Wildman–Crippen MR) is 73.4 cm³/mol. The average Bonchev–Trinajstić information content (AvgIpc) is 3.02. The van der Waals surface area contributed by atoms with Crippen molar-refractivity contribution in [3.63, 3.8) is 0 Å². The lowest BCUT2D eigenvalue weighted by Gasteiger charge is -2.23. The molecule has 3 unspecified atom stereocenters. The highest BCUT2D eigenvalue weighted by Crippen LogP contribution is 2.43.